The van der Waals surface area contributed by atoms with E-state index in [0.29, 0.717) is 35.7 Å². The van der Waals surface area contributed by atoms with Gasteiger partial charge < -0.3 is 25.4 Å². The van der Waals surface area contributed by atoms with E-state index in [-0.39, 0.29) is 92.4 Å². The minimum Gasteiger partial charge on any atom is -0.481 e. The van der Waals surface area contributed by atoms with Gasteiger partial charge in [0.2, 0.25) is 11.8 Å². The Bertz CT molecular complexity index is 1260. The molecular formula is C26H27Cl2N3O7RbS. The first-order chi connectivity index (χ1) is 18.6. The number of carboxylic acid groups (broad SMARTS) is 1. The first kappa shape index (κ1) is 34.7. The van der Waals surface area contributed by atoms with Gasteiger partial charge in [0.1, 0.15) is 18.3 Å². The first-order valence-corrected chi connectivity index (χ1v) is 13.9. The van der Waals surface area contributed by atoms with Crippen molar-refractivity contribution in [1.82, 2.24) is 10.2 Å². The van der Waals surface area contributed by atoms with Crippen molar-refractivity contribution >= 4 is 128 Å². The fraction of sp³-hybridized carbons (Fsp3) is 0.346. The molecule has 0 spiro atoms. The number of aryl methyl sites for hydroxylation is 1. The van der Waals surface area contributed by atoms with Crippen LogP contribution >= 0.6 is 35.0 Å². The van der Waals surface area contributed by atoms with Gasteiger partial charge >= 0.3 is 11.9 Å². The van der Waals surface area contributed by atoms with Crippen LogP contribution in [0.1, 0.15) is 35.2 Å². The standard InChI is InChI=1S/C26H27Cl2N3O7S.Rb/c1-15-5-6-16(30-26(37)24-17(27)3-2-4-18(24)28)13-20(15)38-23(35)14-29-25(36)19-9-11-39-12-10-31(19)21(32)7-8-22(33)34;/h2-6,13,19H,7-12,14H2,1H3,(H,29,36)(H,30,37)(H,33,34);. The zero-order valence-corrected chi connectivity index (χ0v) is 29.2. The van der Waals surface area contributed by atoms with Crippen LogP contribution in [0.5, 0.6) is 5.75 Å². The molecule has 209 valence electrons. The summed E-state index contributed by atoms with van der Waals surface area (Å²) in [6.07, 6.45) is -0.158. The summed E-state index contributed by atoms with van der Waals surface area (Å²) in [5.74, 6) is -1.89. The van der Waals surface area contributed by atoms with Crippen LogP contribution in [0.25, 0.3) is 0 Å². The number of anilines is 1. The number of nitrogens with zero attached hydrogens (tertiary/aromatic N) is 1. The largest absolute Gasteiger partial charge is 0.481 e. The SMILES string of the molecule is Cc1ccc(NC(=O)c2c(Cl)cccc2Cl)cc1OC(=O)CNC(=O)C1CCSCCN1C(=O)CCC(=O)O.[Rb]. The number of amides is 3. The number of ether oxygens (including phenoxy) is 1. The summed E-state index contributed by atoms with van der Waals surface area (Å²) in [4.78, 5) is 62.9. The quantitative estimate of drug-likeness (QED) is 0.270. The van der Waals surface area contributed by atoms with Crippen LogP contribution in [0, 0.1) is 6.92 Å². The second-order valence-corrected chi connectivity index (χ2v) is 10.7. The summed E-state index contributed by atoms with van der Waals surface area (Å²) in [7, 11) is 0. The van der Waals surface area contributed by atoms with E-state index in [1.807, 2.05) is 0 Å². The molecule has 1 aliphatic rings. The molecular weight excluding hydrogens is 655 g/mol. The molecule has 1 atom stereocenters. The van der Waals surface area contributed by atoms with Gasteiger partial charge in [-0.25, -0.2) is 4.79 Å². The zero-order chi connectivity index (χ0) is 28.5. The maximum atomic E-state index is 12.9. The molecule has 40 heavy (non-hydrogen) atoms. The maximum absolute atomic E-state index is 12.9. The zero-order valence-electron chi connectivity index (χ0n) is 22.0. The number of carboxylic acids is 1. The molecule has 1 aliphatic heterocycles. The van der Waals surface area contributed by atoms with Crippen molar-refractivity contribution in [3.63, 3.8) is 0 Å². The minimum atomic E-state index is -1.09. The molecule has 0 saturated carbocycles. The van der Waals surface area contributed by atoms with Crippen molar-refractivity contribution in [2.45, 2.75) is 32.2 Å². The number of carbonyl (C=O) groups is 5. The molecule has 0 bridgehead atoms. The fourth-order valence-corrected chi connectivity index (χ4v) is 5.32. The Morgan fingerprint density at radius 3 is 2.45 bits per heavy atom. The van der Waals surface area contributed by atoms with Gasteiger partial charge in [-0.05, 0) is 42.9 Å². The van der Waals surface area contributed by atoms with Gasteiger partial charge in [0, 0.05) is 88.7 Å². The molecule has 3 N–H and O–H groups in total. The van der Waals surface area contributed by atoms with E-state index in [2.05, 4.69) is 10.6 Å². The molecule has 14 heteroatoms. The van der Waals surface area contributed by atoms with Gasteiger partial charge in [0.05, 0.1) is 22.0 Å². The topological polar surface area (TPSA) is 142 Å². The number of carbonyl (C=O) groups excluding carboxylic acids is 4. The van der Waals surface area contributed by atoms with Crippen LogP contribution in [-0.4, -0.2) is 128 Å². The second-order valence-electron chi connectivity index (χ2n) is 8.62. The van der Waals surface area contributed by atoms with Crippen molar-refractivity contribution in [2.75, 3.05) is 29.9 Å². The smallest absolute Gasteiger partial charge is 0.330 e. The molecule has 3 rings (SSSR count). The van der Waals surface area contributed by atoms with E-state index >= 15 is 0 Å². The Kier molecular flexibility index (Phi) is 14.6. The van der Waals surface area contributed by atoms with Gasteiger partial charge in [-0.3, -0.25) is 19.2 Å². The summed E-state index contributed by atoms with van der Waals surface area (Å²) in [5, 5.41) is 14.4. The van der Waals surface area contributed by atoms with E-state index in [0.717, 1.165) is 0 Å². The Hall–Kier alpha value is -1.47. The summed E-state index contributed by atoms with van der Waals surface area (Å²) in [6.45, 7) is 1.56. The number of aliphatic carboxylic acids is 1. The Morgan fingerprint density at radius 1 is 1.07 bits per heavy atom. The summed E-state index contributed by atoms with van der Waals surface area (Å²) < 4.78 is 5.42. The van der Waals surface area contributed by atoms with Crippen LogP contribution < -0.4 is 15.4 Å². The van der Waals surface area contributed by atoms with Crippen LogP contribution in [0.2, 0.25) is 10.0 Å². The number of hydrogen-bond acceptors (Lipinski definition) is 7. The van der Waals surface area contributed by atoms with E-state index in [1.165, 1.54) is 23.1 Å². The molecule has 1 fully saturated rings. The van der Waals surface area contributed by atoms with Crippen LogP contribution in [0.4, 0.5) is 5.69 Å². The molecule has 1 radical (unpaired) electrons. The molecule has 0 aliphatic carbocycles. The van der Waals surface area contributed by atoms with Crippen molar-refractivity contribution in [1.29, 1.82) is 0 Å². The van der Waals surface area contributed by atoms with Gasteiger partial charge in [0.25, 0.3) is 5.91 Å². The summed E-state index contributed by atoms with van der Waals surface area (Å²) in [6, 6.07) is 8.62. The third kappa shape index (κ3) is 10.1. The van der Waals surface area contributed by atoms with Gasteiger partial charge in [-0.15, -0.1) is 0 Å². The summed E-state index contributed by atoms with van der Waals surface area (Å²) in [5.41, 5.74) is 1.05. The third-order valence-corrected chi connectivity index (χ3v) is 7.46. The van der Waals surface area contributed by atoms with E-state index < -0.39 is 42.2 Å². The molecule has 2 aromatic carbocycles. The van der Waals surface area contributed by atoms with Gasteiger partial charge in [-0.1, -0.05) is 35.3 Å². The van der Waals surface area contributed by atoms with Crippen molar-refractivity contribution in [3.05, 3.63) is 57.6 Å². The second kappa shape index (κ2) is 16.8. The minimum absolute atomic E-state index is 0. The monoisotopic (exact) mass is 680 g/mol. The number of benzene rings is 2. The number of halogens is 2. The van der Waals surface area contributed by atoms with E-state index in [4.69, 9.17) is 33.0 Å². The average molecular weight is 682 g/mol. The molecule has 1 saturated heterocycles. The van der Waals surface area contributed by atoms with Crippen molar-refractivity contribution < 1.29 is 33.8 Å². The predicted molar refractivity (Wildman–Crippen MR) is 154 cm³/mol. The molecule has 3 amide bonds. The van der Waals surface area contributed by atoms with Crippen molar-refractivity contribution in [3.8, 4) is 5.75 Å². The Morgan fingerprint density at radius 2 is 1.77 bits per heavy atom. The van der Waals surface area contributed by atoms with E-state index in [9.17, 15) is 24.0 Å². The number of hydrogen-bond donors (Lipinski definition) is 3. The molecule has 1 heterocycles. The molecule has 1 unspecified atom stereocenters. The van der Waals surface area contributed by atoms with Crippen LogP contribution in [0.3, 0.4) is 0 Å². The van der Waals surface area contributed by atoms with Gasteiger partial charge in [-0.2, -0.15) is 11.8 Å². The van der Waals surface area contributed by atoms with Crippen molar-refractivity contribution in [2.24, 2.45) is 0 Å². The van der Waals surface area contributed by atoms with E-state index in [1.54, 1.807) is 36.9 Å². The fourth-order valence-electron chi connectivity index (χ4n) is 3.83. The summed E-state index contributed by atoms with van der Waals surface area (Å²) >= 11 is 13.8. The van der Waals surface area contributed by atoms with Gasteiger partial charge in [0.15, 0.2) is 0 Å². The molecule has 0 aromatic heterocycles. The van der Waals surface area contributed by atoms with Crippen LogP contribution in [0.15, 0.2) is 36.4 Å². The molecule has 2 aromatic rings. The number of rotatable bonds is 9. The van der Waals surface area contributed by atoms with Crippen LogP contribution in [-0.2, 0) is 19.2 Å². The maximum Gasteiger partial charge on any atom is 0.330 e. The Labute approximate surface area is 294 Å². The third-order valence-electron chi connectivity index (χ3n) is 5.83. The first-order valence-electron chi connectivity index (χ1n) is 12.0. The number of esters is 1. The normalized spacial score (nSPS) is 14.8. The number of nitrogens with one attached hydrogen (secondary N) is 2. The predicted octanol–water partition coefficient (Wildman–Crippen LogP) is 3.39. The Balaban J connectivity index is 0.00000560. The molecule has 10 nitrogen and oxygen atoms in total. The number of thioether (sulfide) groups is 1. The average Bonchev–Trinajstić information content (AvgIpc) is 3.14.